The molecule has 4 aromatic rings. The standard InChI is InChI=1S/C27H27N3O3/c1-3-20(16-26(31)30-28)18(2)22-11-14-24-25(15-22)33-27(29-24)21-9-12-23(13-10-21)32-17-19-7-5-4-6-8-19/h4-15,20H,2-3,16-17,28H2,1H3,(H,30,31). The lowest BCUT2D eigenvalue weighted by atomic mass is 9.89. The van der Waals surface area contributed by atoms with Crippen LogP contribution in [0.4, 0.5) is 0 Å². The third kappa shape index (κ3) is 5.30. The maximum Gasteiger partial charge on any atom is 0.234 e. The molecule has 0 radical (unpaired) electrons. The molecular weight excluding hydrogens is 414 g/mol. The van der Waals surface area contributed by atoms with Crippen LogP contribution >= 0.6 is 0 Å². The van der Waals surface area contributed by atoms with Crippen molar-refractivity contribution in [1.29, 1.82) is 0 Å². The highest BCUT2D eigenvalue weighted by atomic mass is 16.5. The summed E-state index contributed by atoms with van der Waals surface area (Å²) < 4.78 is 11.9. The molecular formula is C27H27N3O3. The van der Waals surface area contributed by atoms with Gasteiger partial charge in [0.05, 0.1) is 0 Å². The van der Waals surface area contributed by atoms with Crippen LogP contribution in [0.5, 0.6) is 5.75 Å². The third-order valence-corrected chi connectivity index (χ3v) is 5.69. The minimum absolute atomic E-state index is 0.00294. The van der Waals surface area contributed by atoms with Gasteiger partial charge in [-0.15, -0.1) is 0 Å². The smallest absolute Gasteiger partial charge is 0.234 e. The van der Waals surface area contributed by atoms with Gasteiger partial charge in [-0.2, -0.15) is 0 Å². The Morgan fingerprint density at radius 3 is 2.58 bits per heavy atom. The van der Waals surface area contributed by atoms with E-state index in [1.165, 1.54) is 0 Å². The Balaban J connectivity index is 1.49. The van der Waals surface area contributed by atoms with E-state index in [-0.39, 0.29) is 11.8 Å². The Morgan fingerprint density at radius 1 is 1.12 bits per heavy atom. The molecule has 1 unspecified atom stereocenters. The molecule has 0 aliphatic carbocycles. The van der Waals surface area contributed by atoms with Crippen LogP contribution in [0.1, 0.15) is 30.9 Å². The van der Waals surface area contributed by atoms with E-state index in [0.717, 1.165) is 40.0 Å². The number of benzene rings is 3. The van der Waals surface area contributed by atoms with Crippen LogP contribution in [-0.2, 0) is 11.4 Å². The maximum absolute atomic E-state index is 11.7. The van der Waals surface area contributed by atoms with Crippen molar-refractivity contribution >= 4 is 22.6 Å². The Kier molecular flexibility index (Phi) is 6.86. The van der Waals surface area contributed by atoms with Crippen LogP contribution < -0.4 is 16.0 Å². The number of carbonyl (C=O) groups excluding carboxylic acids is 1. The summed E-state index contributed by atoms with van der Waals surface area (Å²) in [4.78, 5) is 16.3. The molecule has 1 atom stereocenters. The first-order valence-corrected chi connectivity index (χ1v) is 10.9. The van der Waals surface area contributed by atoms with Gasteiger partial charge in [-0.1, -0.05) is 49.9 Å². The molecule has 0 bridgehead atoms. The number of allylic oxidation sites excluding steroid dienone is 1. The Bertz CT molecular complexity index is 1250. The number of hydrogen-bond donors (Lipinski definition) is 2. The molecule has 0 aliphatic heterocycles. The van der Waals surface area contributed by atoms with Gasteiger partial charge in [0.25, 0.3) is 0 Å². The van der Waals surface area contributed by atoms with E-state index in [9.17, 15) is 4.79 Å². The molecule has 3 aromatic carbocycles. The summed E-state index contributed by atoms with van der Waals surface area (Å²) in [6.07, 6.45) is 1.08. The van der Waals surface area contributed by atoms with Crippen LogP contribution in [0.15, 0.2) is 83.8 Å². The van der Waals surface area contributed by atoms with Gasteiger partial charge in [-0.3, -0.25) is 10.2 Å². The summed E-state index contributed by atoms with van der Waals surface area (Å²) in [5.74, 6) is 6.35. The zero-order chi connectivity index (χ0) is 23.2. The SMILES string of the molecule is C=C(c1ccc2nc(-c3ccc(OCc4ccccc4)cc3)oc2c1)C(CC)CC(=O)NN. The molecule has 4 rings (SSSR count). The molecule has 1 amide bonds. The summed E-state index contributed by atoms with van der Waals surface area (Å²) in [5.41, 5.74) is 7.41. The molecule has 0 saturated heterocycles. The van der Waals surface area contributed by atoms with E-state index in [1.807, 2.05) is 79.7 Å². The number of fused-ring (bicyclic) bond motifs is 1. The van der Waals surface area contributed by atoms with Crippen molar-refractivity contribution in [1.82, 2.24) is 10.4 Å². The van der Waals surface area contributed by atoms with E-state index in [4.69, 9.17) is 15.0 Å². The highest BCUT2D eigenvalue weighted by Crippen LogP contribution is 2.31. The van der Waals surface area contributed by atoms with Crippen LogP contribution in [0.25, 0.3) is 28.1 Å². The van der Waals surface area contributed by atoms with Crippen LogP contribution in [0.3, 0.4) is 0 Å². The number of nitrogens with one attached hydrogen (secondary N) is 1. The predicted octanol–water partition coefficient (Wildman–Crippen LogP) is 5.49. The first kappa shape index (κ1) is 22.3. The summed E-state index contributed by atoms with van der Waals surface area (Å²) in [6.45, 7) is 6.75. The Morgan fingerprint density at radius 2 is 1.88 bits per heavy atom. The van der Waals surface area contributed by atoms with Crippen molar-refractivity contribution in [2.24, 2.45) is 11.8 Å². The molecule has 0 saturated carbocycles. The summed E-state index contributed by atoms with van der Waals surface area (Å²) in [6, 6.07) is 23.5. The zero-order valence-corrected chi connectivity index (χ0v) is 18.6. The number of nitrogens with two attached hydrogens (primary N) is 1. The van der Waals surface area contributed by atoms with E-state index in [2.05, 4.69) is 17.0 Å². The number of hydrogen-bond acceptors (Lipinski definition) is 5. The van der Waals surface area contributed by atoms with Crippen molar-refractivity contribution in [3.05, 3.63) is 90.5 Å². The topological polar surface area (TPSA) is 90.4 Å². The number of aromatic nitrogens is 1. The minimum atomic E-state index is -0.206. The number of nitrogens with zero attached hydrogens (tertiary/aromatic N) is 1. The van der Waals surface area contributed by atoms with Crippen molar-refractivity contribution in [2.45, 2.75) is 26.4 Å². The van der Waals surface area contributed by atoms with Crippen LogP contribution in [-0.4, -0.2) is 10.9 Å². The van der Waals surface area contributed by atoms with E-state index in [1.54, 1.807) is 0 Å². The van der Waals surface area contributed by atoms with Gasteiger partial charge < -0.3 is 9.15 Å². The van der Waals surface area contributed by atoms with Gasteiger partial charge in [0.15, 0.2) is 5.58 Å². The second kappa shape index (κ2) is 10.1. The average Bonchev–Trinajstić information content (AvgIpc) is 3.30. The van der Waals surface area contributed by atoms with Gasteiger partial charge in [0.1, 0.15) is 17.9 Å². The minimum Gasteiger partial charge on any atom is -0.489 e. The fraction of sp³-hybridized carbons (Fsp3) is 0.185. The summed E-state index contributed by atoms with van der Waals surface area (Å²) >= 11 is 0. The van der Waals surface area contributed by atoms with Gasteiger partial charge >= 0.3 is 0 Å². The zero-order valence-electron chi connectivity index (χ0n) is 18.6. The molecule has 33 heavy (non-hydrogen) atoms. The van der Waals surface area contributed by atoms with Crippen molar-refractivity contribution in [2.75, 3.05) is 0 Å². The van der Waals surface area contributed by atoms with Crippen molar-refractivity contribution in [3.63, 3.8) is 0 Å². The molecule has 0 aliphatic rings. The fourth-order valence-corrected chi connectivity index (χ4v) is 3.71. The first-order valence-electron chi connectivity index (χ1n) is 10.9. The summed E-state index contributed by atoms with van der Waals surface area (Å²) in [5, 5.41) is 0. The second-order valence-electron chi connectivity index (χ2n) is 7.90. The lowest BCUT2D eigenvalue weighted by Crippen LogP contribution is -2.31. The number of ether oxygens (including phenoxy) is 1. The lowest BCUT2D eigenvalue weighted by molar-refractivity contribution is -0.121. The van der Waals surface area contributed by atoms with Crippen LogP contribution in [0, 0.1) is 5.92 Å². The highest BCUT2D eigenvalue weighted by Gasteiger charge is 2.17. The predicted molar refractivity (Wildman–Crippen MR) is 130 cm³/mol. The lowest BCUT2D eigenvalue weighted by Gasteiger charge is -2.17. The maximum atomic E-state index is 11.7. The molecule has 1 heterocycles. The normalized spacial score (nSPS) is 11.8. The van der Waals surface area contributed by atoms with E-state index >= 15 is 0 Å². The quantitative estimate of drug-likeness (QED) is 0.204. The number of rotatable bonds is 9. The molecule has 0 spiro atoms. The monoisotopic (exact) mass is 441 g/mol. The Hall–Kier alpha value is -3.90. The largest absolute Gasteiger partial charge is 0.489 e. The molecule has 6 nitrogen and oxygen atoms in total. The average molecular weight is 442 g/mol. The molecule has 6 heteroatoms. The van der Waals surface area contributed by atoms with Gasteiger partial charge in [-0.05, 0) is 65.4 Å². The molecule has 3 N–H and O–H groups in total. The molecule has 1 aromatic heterocycles. The number of carbonyl (C=O) groups is 1. The second-order valence-corrected chi connectivity index (χ2v) is 7.90. The van der Waals surface area contributed by atoms with Gasteiger partial charge in [0, 0.05) is 12.0 Å². The first-order chi connectivity index (χ1) is 16.1. The van der Waals surface area contributed by atoms with Gasteiger partial charge in [-0.25, -0.2) is 10.8 Å². The molecule has 0 fully saturated rings. The summed E-state index contributed by atoms with van der Waals surface area (Å²) in [7, 11) is 0. The number of oxazole rings is 1. The van der Waals surface area contributed by atoms with E-state index in [0.29, 0.717) is 24.5 Å². The fourth-order valence-electron chi connectivity index (χ4n) is 3.71. The molecule has 168 valence electrons. The van der Waals surface area contributed by atoms with Crippen LogP contribution in [0.2, 0.25) is 0 Å². The van der Waals surface area contributed by atoms with Crippen molar-refractivity contribution < 1.29 is 13.9 Å². The highest BCUT2D eigenvalue weighted by molar-refractivity contribution is 5.83. The number of hydrazine groups is 1. The third-order valence-electron chi connectivity index (χ3n) is 5.69. The van der Waals surface area contributed by atoms with Gasteiger partial charge in [0.2, 0.25) is 11.8 Å². The van der Waals surface area contributed by atoms with E-state index < -0.39 is 0 Å². The number of amides is 1. The Labute approximate surface area is 193 Å². The van der Waals surface area contributed by atoms with Crippen molar-refractivity contribution in [3.8, 4) is 17.2 Å².